The van der Waals surface area contributed by atoms with Gasteiger partial charge in [-0.05, 0) is 65.8 Å². The Morgan fingerprint density at radius 3 is 1.91 bits per heavy atom. The molecule has 0 N–H and O–H groups in total. The molecule has 1 unspecified atom stereocenters. The van der Waals surface area contributed by atoms with Crippen LogP contribution in [0.1, 0.15) is 83.9 Å². The average Bonchev–Trinajstić information content (AvgIpc) is 2.94. The van der Waals surface area contributed by atoms with Crippen LogP contribution in [0.2, 0.25) is 0 Å². The summed E-state index contributed by atoms with van der Waals surface area (Å²) in [7, 11) is 1.47. The van der Waals surface area contributed by atoms with Crippen molar-refractivity contribution in [1.29, 1.82) is 0 Å². The van der Waals surface area contributed by atoms with E-state index in [1.54, 1.807) is 96.1 Å². The van der Waals surface area contributed by atoms with E-state index in [0.717, 1.165) is 16.1 Å². The Labute approximate surface area is 253 Å². The number of benzene rings is 3. The molecule has 0 bridgehead atoms. The van der Waals surface area contributed by atoms with Gasteiger partial charge >= 0.3 is 12.1 Å². The van der Waals surface area contributed by atoms with Gasteiger partial charge in [0.15, 0.2) is 0 Å². The second-order valence-corrected chi connectivity index (χ2v) is 11.6. The number of amides is 3. The first-order valence-electron chi connectivity index (χ1n) is 14.0. The molecule has 3 rings (SSSR count). The fourth-order valence-corrected chi connectivity index (χ4v) is 4.51. The number of nitrogens with zero attached hydrogens (tertiary/aromatic N) is 2. The summed E-state index contributed by atoms with van der Waals surface area (Å²) in [5.41, 5.74) is 1.83. The number of hydrogen-bond acceptors (Lipinski definition) is 7. The monoisotopic (exact) mass is 588 g/mol. The molecule has 1 atom stereocenters. The molecule has 0 saturated heterocycles. The molecular formula is C34H40N2O7. The highest BCUT2D eigenvalue weighted by atomic mass is 16.7. The first-order valence-corrected chi connectivity index (χ1v) is 14.0. The Hall–Kier alpha value is -4.66. The highest BCUT2D eigenvalue weighted by Gasteiger charge is 2.43. The lowest BCUT2D eigenvalue weighted by Crippen LogP contribution is -2.60. The maximum atomic E-state index is 14.3. The fraction of sp³-hybridized carbons (Fsp3) is 0.353. The fourth-order valence-electron chi connectivity index (χ4n) is 4.51. The minimum atomic E-state index is -1.48. The third-order valence-corrected chi connectivity index (χ3v) is 6.57. The Balaban J connectivity index is 2.21. The molecule has 9 nitrogen and oxygen atoms in total. The Kier molecular flexibility index (Phi) is 10.3. The molecule has 0 aliphatic rings. The molecule has 43 heavy (non-hydrogen) atoms. The number of methoxy groups -OCH3 is 1. The van der Waals surface area contributed by atoms with Gasteiger partial charge in [-0.3, -0.25) is 14.4 Å². The second-order valence-electron chi connectivity index (χ2n) is 11.6. The number of ether oxygens (including phenoxy) is 3. The van der Waals surface area contributed by atoms with Gasteiger partial charge in [-0.1, -0.05) is 67.4 Å². The smallest absolute Gasteiger partial charge is 0.439 e. The van der Waals surface area contributed by atoms with Crippen molar-refractivity contribution in [3.8, 4) is 5.75 Å². The largest absolute Gasteiger partial charge is 0.496 e. The van der Waals surface area contributed by atoms with Gasteiger partial charge in [0.25, 0.3) is 18.1 Å². The van der Waals surface area contributed by atoms with Gasteiger partial charge < -0.3 is 14.2 Å². The van der Waals surface area contributed by atoms with Crippen molar-refractivity contribution in [2.45, 2.75) is 67.2 Å². The molecule has 3 aromatic rings. The summed E-state index contributed by atoms with van der Waals surface area (Å²) in [6.07, 6.45) is -2.69. The lowest BCUT2D eigenvalue weighted by atomic mass is 10.0. The minimum absolute atomic E-state index is 0.120. The van der Waals surface area contributed by atoms with Crippen LogP contribution in [0, 0.1) is 26.7 Å². The van der Waals surface area contributed by atoms with Gasteiger partial charge in [-0.2, -0.15) is 0 Å². The van der Waals surface area contributed by atoms with E-state index in [2.05, 4.69) is 0 Å². The maximum absolute atomic E-state index is 14.3. The molecule has 3 amide bonds. The quantitative estimate of drug-likeness (QED) is 0.167. The van der Waals surface area contributed by atoms with Crippen LogP contribution in [0.4, 0.5) is 4.79 Å². The number of hydrogen-bond donors (Lipinski definition) is 0. The van der Waals surface area contributed by atoms with Crippen molar-refractivity contribution in [3.05, 3.63) is 100 Å². The summed E-state index contributed by atoms with van der Waals surface area (Å²) in [4.78, 5) is 55.4. The van der Waals surface area contributed by atoms with Crippen LogP contribution in [0.5, 0.6) is 5.75 Å². The van der Waals surface area contributed by atoms with Gasteiger partial charge in [0.05, 0.1) is 18.6 Å². The summed E-state index contributed by atoms with van der Waals surface area (Å²) in [6.45, 7) is 13.8. The third-order valence-electron chi connectivity index (χ3n) is 6.57. The predicted octanol–water partition coefficient (Wildman–Crippen LogP) is 6.95. The molecule has 0 spiro atoms. The van der Waals surface area contributed by atoms with Crippen molar-refractivity contribution < 1.29 is 33.4 Å². The zero-order valence-electron chi connectivity index (χ0n) is 26.3. The zero-order chi connectivity index (χ0) is 32.1. The molecule has 0 fully saturated rings. The molecule has 0 heterocycles. The van der Waals surface area contributed by atoms with Crippen molar-refractivity contribution in [1.82, 2.24) is 10.0 Å². The van der Waals surface area contributed by atoms with E-state index in [0.29, 0.717) is 21.9 Å². The van der Waals surface area contributed by atoms with Crippen LogP contribution in [0.25, 0.3) is 0 Å². The molecule has 9 heteroatoms. The minimum Gasteiger partial charge on any atom is -0.496 e. The standard InChI is InChI=1S/C34H40N2O7/c1-21(2)31(39)42-32(25-14-11-10-12-15-25)43-33(40)35(30(38)27-16-13-17-28(41-9)24(27)5)36(34(6,7)8)29(37)26-19-22(3)18-23(4)20-26/h10-21,32H,1-9H3. The molecule has 228 valence electrons. The molecule has 0 aromatic heterocycles. The van der Waals surface area contributed by atoms with Gasteiger partial charge in [0.2, 0.25) is 0 Å². The van der Waals surface area contributed by atoms with Gasteiger partial charge in [0, 0.05) is 22.3 Å². The summed E-state index contributed by atoms with van der Waals surface area (Å²) < 4.78 is 16.7. The number of rotatable bonds is 7. The van der Waals surface area contributed by atoms with E-state index < -0.39 is 41.6 Å². The SMILES string of the molecule is COc1cccc(C(=O)N(C(=O)OC(OC(=O)C(C)C)c2ccccc2)N(C(=O)c2cc(C)cc(C)c2)C(C)(C)C)c1C. The molecule has 0 aliphatic heterocycles. The summed E-state index contributed by atoms with van der Waals surface area (Å²) >= 11 is 0. The predicted molar refractivity (Wildman–Crippen MR) is 162 cm³/mol. The molecule has 0 radical (unpaired) electrons. The van der Waals surface area contributed by atoms with Gasteiger partial charge in [0.1, 0.15) is 5.75 Å². The van der Waals surface area contributed by atoms with Crippen molar-refractivity contribution in [2.24, 2.45) is 5.92 Å². The zero-order valence-corrected chi connectivity index (χ0v) is 26.3. The lowest BCUT2D eigenvalue weighted by molar-refractivity contribution is -0.176. The van der Waals surface area contributed by atoms with E-state index in [4.69, 9.17) is 14.2 Å². The number of aryl methyl sites for hydroxylation is 2. The Morgan fingerprint density at radius 1 is 0.767 bits per heavy atom. The van der Waals surface area contributed by atoms with Crippen LogP contribution in [-0.4, -0.2) is 46.5 Å². The van der Waals surface area contributed by atoms with Crippen molar-refractivity contribution in [2.75, 3.05) is 7.11 Å². The molecule has 3 aromatic carbocycles. The lowest BCUT2D eigenvalue weighted by Gasteiger charge is -2.42. The Bertz CT molecular complexity index is 1470. The van der Waals surface area contributed by atoms with E-state index >= 15 is 0 Å². The number of imide groups is 1. The number of carbonyl (C=O) groups excluding carboxylic acids is 4. The summed E-state index contributed by atoms with van der Waals surface area (Å²) in [5.74, 6) is -2.12. The number of hydrazine groups is 1. The maximum Gasteiger partial charge on any atom is 0.439 e. The first kappa shape index (κ1) is 32.8. The Morgan fingerprint density at radius 2 is 1.37 bits per heavy atom. The van der Waals surface area contributed by atoms with Crippen LogP contribution in [0.15, 0.2) is 66.7 Å². The van der Waals surface area contributed by atoms with E-state index in [-0.39, 0.29) is 11.1 Å². The van der Waals surface area contributed by atoms with E-state index in [1.807, 2.05) is 19.9 Å². The normalized spacial score (nSPS) is 11.9. The van der Waals surface area contributed by atoms with E-state index in [9.17, 15) is 19.2 Å². The number of esters is 1. The van der Waals surface area contributed by atoms with Crippen molar-refractivity contribution in [3.63, 3.8) is 0 Å². The van der Waals surface area contributed by atoms with E-state index in [1.165, 1.54) is 13.2 Å². The first-order chi connectivity index (χ1) is 20.1. The summed E-state index contributed by atoms with van der Waals surface area (Å²) in [6, 6.07) is 18.6. The highest BCUT2D eigenvalue weighted by Crippen LogP contribution is 2.30. The molecular weight excluding hydrogens is 548 g/mol. The topological polar surface area (TPSA) is 102 Å². The van der Waals surface area contributed by atoms with Crippen LogP contribution in [0.3, 0.4) is 0 Å². The average molecular weight is 589 g/mol. The summed E-state index contributed by atoms with van der Waals surface area (Å²) in [5, 5.41) is 1.76. The van der Waals surface area contributed by atoms with Crippen molar-refractivity contribution >= 4 is 23.9 Å². The highest BCUT2D eigenvalue weighted by molar-refractivity contribution is 6.07. The van der Waals surface area contributed by atoms with Gasteiger partial charge in [-0.15, -0.1) is 5.01 Å². The van der Waals surface area contributed by atoms with Crippen LogP contribution in [-0.2, 0) is 14.3 Å². The van der Waals surface area contributed by atoms with Crippen LogP contribution < -0.4 is 4.74 Å². The molecule has 0 saturated carbocycles. The van der Waals surface area contributed by atoms with Gasteiger partial charge in [-0.25, -0.2) is 9.80 Å². The molecule has 0 aliphatic carbocycles. The third kappa shape index (κ3) is 7.80. The number of carbonyl (C=O) groups is 4. The van der Waals surface area contributed by atoms with Crippen LogP contribution >= 0.6 is 0 Å². The second kappa shape index (κ2) is 13.5.